The van der Waals surface area contributed by atoms with E-state index in [2.05, 4.69) is 15.3 Å². The summed E-state index contributed by atoms with van der Waals surface area (Å²) in [7, 11) is 1.55. The van der Waals surface area contributed by atoms with Gasteiger partial charge < -0.3 is 24.5 Å². The van der Waals surface area contributed by atoms with Gasteiger partial charge in [-0.2, -0.15) is 4.98 Å². The summed E-state index contributed by atoms with van der Waals surface area (Å²) in [5.74, 6) is -3.77. The Morgan fingerprint density at radius 1 is 1.14 bits per heavy atom. The van der Waals surface area contributed by atoms with E-state index in [1.165, 1.54) is 29.2 Å². The van der Waals surface area contributed by atoms with Crippen LogP contribution in [0.15, 0.2) is 34.0 Å². The Balaban J connectivity index is 1.48. The minimum absolute atomic E-state index is 0.111. The first-order chi connectivity index (χ1) is 17.5. The minimum Gasteiger partial charge on any atom is -0.393 e. The number of nitrogens with one attached hydrogen (secondary N) is 1. The summed E-state index contributed by atoms with van der Waals surface area (Å²) >= 11 is 6.37. The number of fused-ring (bicyclic) bond motifs is 1. The number of rotatable bonds is 5. The van der Waals surface area contributed by atoms with Gasteiger partial charge in [-0.25, -0.2) is 13.8 Å². The molecule has 3 heterocycles. The van der Waals surface area contributed by atoms with Crippen molar-refractivity contribution in [3.63, 3.8) is 0 Å². The minimum atomic E-state index is -2.76. The van der Waals surface area contributed by atoms with E-state index in [-0.39, 0.29) is 30.1 Å². The standard InChI is InChI=1S/C25H29ClF2N6O3/c1-13-10-33(11-14(2)25(13,27)28)24-29-9-18(26)21(31-24)30-16-4-5-19-20(8-16)34(12-15-6-17(35)7-15)23(37)22(36)32(19)3/h4-5,8-9,13-15,17,35H,6-7,10-12H2,1-3H3,(H,29,30,31)/t13-,14+,15-,17+. The Bertz CT molecular complexity index is 1460. The molecule has 0 bridgehead atoms. The molecule has 0 spiro atoms. The van der Waals surface area contributed by atoms with Gasteiger partial charge in [0.15, 0.2) is 5.82 Å². The van der Waals surface area contributed by atoms with Crippen molar-refractivity contribution in [1.82, 2.24) is 19.1 Å². The second kappa shape index (κ2) is 9.36. The Morgan fingerprint density at radius 2 is 1.81 bits per heavy atom. The zero-order valence-corrected chi connectivity index (χ0v) is 21.5. The van der Waals surface area contributed by atoms with Gasteiger partial charge in [0.1, 0.15) is 5.02 Å². The van der Waals surface area contributed by atoms with E-state index in [1.54, 1.807) is 30.1 Å². The average Bonchev–Trinajstić information content (AvgIpc) is 2.83. The van der Waals surface area contributed by atoms with Crippen LogP contribution in [0.4, 0.5) is 26.2 Å². The lowest BCUT2D eigenvalue weighted by Gasteiger charge is -2.41. The van der Waals surface area contributed by atoms with Crippen molar-refractivity contribution in [1.29, 1.82) is 0 Å². The molecule has 1 saturated carbocycles. The predicted octanol–water partition coefficient (Wildman–Crippen LogP) is 3.39. The molecule has 2 atom stereocenters. The summed E-state index contributed by atoms with van der Waals surface area (Å²) in [5.41, 5.74) is 0.478. The Morgan fingerprint density at radius 3 is 2.46 bits per heavy atom. The van der Waals surface area contributed by atoms with Gasteiger partial charge in [-0.1, -0.05) is 25.4 Å². The van der Waals surface area contributed by atoms with Crippen molar-refractivity contribution in [2.75, 3.05) is 23.3 Å². The zero-order chi connectivity index (χ0) is 26.6. The highest BCUT2D eigenvalue weighted by Gasteiger charge is 2.47. The molecule has 9 nitrogen and oxygen atoms in total. The fraction of sp³-hybridized carbons (Fsp3) is 0.520. The third-order valence-corrected chi connectivity index (χ3v) is 7.87. The van der Waals surface area contributed by atoms with E-state index in [4.69, 9.17) is 11.6 Å². The van der Waals surface area contributed by atoms with Crippen LogP contribution in [-0.4, -0.2) is 49.3 Å². The Labute approximate surface area is 216 Å². The van der Waals surface area contributed by atoms with Gasteiger partial charge in [0, 0.05) is 44.2 Å². The first kappa shape index (κ1) is 25.6. The van der Waals surface area contributed by atoms with Crippen LogP contribution in [0.25, 0.3) is 11.0 Å². The van der Waals surface area contributed by atoms with Gasteiger partial charge in [0.05, 0.1) is 23.3 Å². The van der Waals surface area contributed by atoms with Crippen LogP contribution >= 0.6 is 11.6 Å². The number of nitrogens with zero attached hydrogens (tertiary/aromatic N) is 5. The number of aryl methyl sites for hydroxylation is 1. The first-order valence-electron chi connectivity index (χ1n) is 12.3. The molecule has 1 aliphatic heterocycles. The van der Waals surface area contributed by atoms with Crippen LogP contribution in [0.3, 0.4) is 0 Å². The fourth-order valence-corrected chi connectivity index (χ4v) is 5.37. The molecule has 0 unspecified atom stereocenters. The van der Waals surface area contributed by atoms with E-state index in [0.717, 1.165) is 0 Å². The SMILES string of the molecule is C[C@@H]1CN(c2ncc(Cl)c(Nc3ccc4c(c3)n(C[C@H]3C[C@@H](O)C3)c(=O)c(=O)n4C)n2)C[C@H](C)C1(F)F. The van der Waals surface area contributed by atoms with Gasteiger partial charge in [-0.3, -0.25) is 9.59 Å². The zero-order valence-electron chi connectivity index (χ0n) is 20.8. The highest BCUT2D eigenvalue weighted by atomic mass is 35.5. The van der Waals surface area contributed by atoms with Crippen molar-refractivity contribution < 1.29 is 13.9 Å². The number of aromatic nitrogens is 4. The molecule has 2 aromatic heterocycles. The Hall–Kier alpha value is -3.05. The second-order valence-electron chi connectivity index (χ2n) is 10.3. The lowest BCUT2D eigenvalue weighted by atomic mass is 9.82. The molecular formula is C25H29ClF2N6O3. The van der Waals surface area contributed by atoms with Gasteiger partial charge >= 0.3 is 11.1 Å². The van der Waals surface area contributed by atoms with Crippen LogP contribution in [-0.2, 0) is 13.6 Å². The number of hydrogen-bond acceptors (Lipinski definition) is 7. The molecule has 1 aliphatic carbocycles. The van der Waals surface area contributed by atoms with E-state index in [1.807, 2.05) is 0 Å². The summed E-state index contributed by atoms with van der Waals surface area (Å²) < 4.78 is 31.4. The highest BCUT2D eigenvalue weighted by Crippen LogP contribution is 2.39. The molecule has 198 valence electrons. The van der Waals surface area contributed by atoms with E-state index in [0.29, 0.717) is 47.9 Å². The monoisotopic (exact) mass is 534 g/mol. The molecule has 1 saturated heterocycles. The summed E-state index contributed by atoms with van der Waals surface area (Å²) in [6.07, 6.45) is 2.22. The normalized spacial score (nSPS) is 25.2. The van der Waals surface area contributed by atoms with Crippen LogP contribution in [0.2, 0.25) is 5.02 Å². The molecule has 37 heavy (non-hydrogen) atoms. The number of anilines is 3. The number of piperidine rings is 1. The summed E-state index contributed by atoms with van der Waals surface area (Å²) in [5, 5.41) is 13.0. The van der Waals surface area contributed by atoms with Crippen molar-refractivity contribution in [3.05, 3.63) is 50.1 Å². The van der Waals surface area contributed by atoms with E-state index >= 15 is 0 Å². The number of hydrogen-bond donors (Lipinski definition) is 2. The maximum Gasteiger partial charge on any atom is 0.316 e. The second-order valence-corrected chi connectivity index (χ2v) is 10.8. The number of aliphatic hydroxyl groups is 1. The molecule has 0 radical (unpaired) electrons. The first-order valence-corrected chi connectivity index (χ1v) is 12.7. The van der Waals surface area contributed by atoms with Crippen LogP contribution < -0.4 is 21.3 Å². The van der Waals surface area contributed by atoms with Gasteiger partial charge in [0.25, 0.3) is 5.92 Å². The fourth-order valence-electron chi connectivity index (χ4n) is 5.23. The third kappa shape index (κ3) is 4.59. The molecule has 2 N–H and O–H groups in total. The third-order valence-electron chi connectivity index (χ3n) is 7.59. The van der Waals surface area contributed by atoms with Crippen LogP contribution in [0.1, 0.15) is 26.7 Å². The van der Waals surface area contributed by atoms with Crippen molar-refractivity contribution in [3.8, 4) is 0 Å². The van der Waals surface area contributed by atoms with Gasteiger partial charge in [-0.05, 0) is 37.0 Å². The molecule has 1 aromatic carbocycles. The largest absolute Gasteiger partial charge is 0.393 e. The van der Waals surface area contributed by atoms with Crippen LogP contribution in [0.5, 0.6) is 0 Å². The lowest BCUT2D eigenvalue weighted by Crippen LogP contribution is -2.52. The smallest absolute Gasteiger partial charge is 0.316 e. The average molecular weight is 535 g/mol. The quantitative estimate of drug-likeness (QED) is 0.483. The van der Waals surface area contributed by atoms with E-state index in [9.17, 15) is 23.5 Å². The molecule has 0 amide bonds. The lowest BCUT2D eigenvalue weighted by molar-refractivity contribution is -0.105. The van der Waals surface area contributed by atoms with Crippen LogP contribution in [0, 0.1) is 17.8 Å². The molecule has 5 rings (SSSR count). The number of alkyl halides is 2. The maximum atomic E-state index is 14.3. The van der Waals surface area contributed by atoms with Gasteiger partial charge in [-0.15, -0.1) is 0 Å². The molecular weight excluding hydrogens is 506 g/mol. The van der Waals surface area contributed by atoms with E-state index < -0.39 is 28.9 Å². The van der Waals surface area contributed by atoms with Crippen molar-refractivity contribution in [2.45, 2.75) is 45.3 Å². The molecule has 12 heteroatoms. The number of halogens is 3. The molecule has 3 aromatic rings. The number of aliphatic hydroxyl groups excluding tert-OH is 1. The summed E-state index contributed by atoms with van der Waals surface area (Å²) in [4.78, 5) is 35.9. The van der Waals surface area contributed by atoms with Crippen molar-refractivity contribution in [2.24, 2.45) is 24.8 Å². The highest BCUT2D eigenvalue weighted by molar-refractivity contribution is 6.32. The maximum absolute atomic E-state index is 14.3. The van der Waals surface area contributed by atoms with Crippen molar-refractivity contribution >= 4 is 40.1 Å². The number of benzene rings is 1. The summed E-state index contributed by atoms with van der Waals surface area (Å²) in [6, 6.07) is 5.22. The molecule has 2 aliphatic rings. The topological polar surface area (TPSA) is 105 Å². The predicted molar refractivity (Wildman–Crippen MR) is 138 cm³/mol. The van der Waals surface area contributed by atoms with Gasteiger partial charge in [0.2, 0.25) is 5.95 Å². The summed E-state index contributed by atoms with van der Waals surface area (Å²) in [6.45, 7) is 3.60. The molecule has 2 fully saturated rings. The Kier molecular flexibility index (Phi) is 6.47.